The maximum atomic E-state index is 11.5. The molecule has 1 heterocycles. The number of hydrogen-bond acceptors (Lipinski definition) is 2. The van der Waals surface area contributed by atoms with Gasteiger partial charge >= 0.3 is 0 Å². The normalized spacial score (nSPS) is 12.1. The van der Waals surface area contributed by atoms with Crippen LogP contribution < -0.4 is 5.56 Å². The van der Waals surface area contributed by atoms with E-state index in [1.807, 2.05) is 13.0 Å². The predicted molar refractivity (Wildman–Crippen MR) is 50.2 cm³/mol. The van der Waals surface area contributed by atoms with Gasteiger partial charge in [-0.15, -0.1) is 0 Å². The Hall–Kier alpha value is -1.56. The van der Waals surface area contributed by atoms with E-state index in [1.165, 1.54) is 4.57 Å². The van der Waals surface area contributed by atoms with Crippen LogP contribution in [0.5, 0.6) is 0 Å². The Morgan fingerprint density at radius 2 is 2.38 bits per heavy atom. The molecule has 0 N–H and O–H groups in total. The molecule has 1 atom stereocenters. The number of hydrogen-bond donors (Lipinski definition) is 0. The van der Waals surface area contributed by atoms with Crippen LogP contribution >= 0.6 is 0 Å². The SMILES string of the molecule is CC(C#N)Cc1cccn(C)c1=O. The lowest BCUT2D eigenvalue weighted by Gasteiger charge is -2.03. The van der Waals surface area contributed by atoms with Crippen LogP contribution in [0.1, 0.15) is 12.5 Å². The summed E-state index contributed by atoms with van der Waals surface area (Å²) in [5, 5.41) is 8.60. The minimum absolute atomic E-state index is 0.00963. The first-order valence-corrected chi connectivity index (χ1v) is 4.19. The van der Waals surface area contributed by atoms with Crippen molar-refractivity contribution in [2.75, 3.05) is 0 Å². The van der Waals surface area contributed by atoms with Crippen molar-refractivity contribution in [3.05, 3.63) is 34.2 Å². The van der Waals surface area contributed by atoms with Crippen LogP contribution in [0, 0.1) is 17.2 Å². The van der Waals surface area contributed by atoms with Crippen molar-refractivity contribution in [3.63, 3.8) is 0 Å². The Balaban J connectivity index is 2.98. The summed E-state index contributed by atoms with van der Waals surface area (Å²) in [5.74, 6) is -0.102. The second-order valence-corrected chi connectivity index (χ2v) is 3.18. The number of aryl methyl sites for hydroxylation is 1. The standard InChI is InChI=1S/C10H12N2O/c1-8(7-11)6-9-4-3-5-12(2)10(9)13/h3-5,8H,6H2,1-2H3. The van der Waals surface area contributed by atoms with Crippen molar-refractivity contribution < 1.29 is 0 Å². The molecule has 1 aromatic heterocycles. The van der Waals surface area contributed by atoms with Crippen molar-refractivity contribution in [1.29, 1.82) is 5.26 Å². The first-order valence-electron chi connectivity index (χ1n) is 4.19. The molecule has 0 fully saturated rings. The Morgan fingerprint density at radius 1 is 1.69 bits per heavy atom. The third-order valence-corrected chi connectivity index (χ3v) is 1.95. The zero-order valence-corrected chi connectivity index (χ0v) is 7.82. The third-order valence-electron chi connectivity index (χ3n) is 1.95. The van der Waals surface area contributed by atoms with Crippen LogP contribution in [0.4, 0.5) is 0 Å². The quantitative estimate of drug-likeness (QED) is 0.677. The molecule has 0 aromatic carbocycles. The fourth-order valence-electron chi connectivity index (χ4n) is 1.18. The van der Waals surface area contributed by atoms with E-state index in [1.54, 1.807) is 19.3 Å². The zero-order chi connectivity index (χ0) is 9.84. The van der Waals surface area contributed by atoms with E-state index < -0.39 is 0 Å². The average molecular weight is 176 g/mol. The van der Waals surface area contributed by atoms with E-state index in [0.717, 1.165) is 0 Å². The van der Waals surface area contributed by atoms with Crippen LogP contribution in [-0.2, 0) is 13.5 Å². The van der Waals surface area contributed by atoms with Crippen molar-refractivity contribution in [2.45, 2.75) is 13.3 Å². The minimum Gasteiger partial charge on any atom is -0.318 e. The van der Waals surface area contributed by atoms with Crippen LogP contribution in [-0.4, -0.2) is 4.57 Å². The maximum Gasteiger partial charge on any atom is 0.253 e. The third kappa shape index (κ3) is 2.19. The van der Waals surface area contributed by atoms with Gasteiger partial charge in [-0.3, -0.25) is 4.79 Å². The van der Waals surface area contributed by atoms with Gasteiger partial charge in [-0.2, -0.15) is 5.26 Å². The van der Waals surface area contributed by atoms with E-state index in [-0.39, 0.29) is 11.5 Å². The number of aromatic nitrogens is 1. The van der Waals surface area contributed by atoms with Gasteiger partial charge in [0.05, 0.1) is 6.07 Å². The summed E-state index contributed by atoms with van der Waals surface area (Å²) in [6.45, 7) is 1.81. The summed E-state index contributed by atoms with van der Waals surface area (Å²) >= 11 is 0. The molecule has 13 heavy (non-hydrogen) atoms. The fourth-order valence-corrected chi connectivity index (χ4v) is 1.18. The van der Waals surface area contributed by atoms with Gasteiger partial charge in [-0.1, -0.05) is 6.07 Å². The second-order valence-electron chi connectivity index (χ2n) is 3.18. The first kappa shape index (κ1) is 9.53. The fraction of sp³-hybridized carbons (Fsp3) is 0.400. The van der Waals surface area contributed by atoms with Crippen LogP contribution in [0.25, 0.3) is 0 Å². The van der Waals surface area contributed by atoms with Crippen molar-refractivity contribution in [3.8, 4) is 6.07 Å². The highest BCUT2D eigenvalue weighted by atomic mass is 16.1. The molecule has 0 saturated heterocycles. The molecule has 1 aromatic rings. The molecule has 3 nitrogen and oxygen atoms in total. The highest BCUT2D eigenvalue weighted by Crippen LogP contribution is 2.02. The lowest BCUT2D eigenvalue weighted by Crippen LogP contribution is -2.21. The van der Waals surface area contributed by atoms with Gasteiger partial charge in [0, 0.05) is 24.7 Å². The summed E-state index contributed by atoms with van der Waals surface area (Å²) in [7, 11) is 1.71. The molecule has 0 bridgehead atoms. The number of rotatable bonds is 2. The molecular formula is C10H12N2O. The Morgan fingerprint density at radius 3 is 3.00 bits per heavy atom. The van der Waals surface area contributed by atoms with Gasteiger partial charge < -0.3 is 4.57 Å². The Kier molecular flexibility index (Phi) is 2.86. The van der Waals surface area contributed by atoms with Crippen LogP contribution in [0.15, 0.2) is 23.1 Å². The largest absolute Gasteiger partial charge is 0.318 e. The molecule has 0 spiro atoms. The highest BCUT2D eigenvalue weighted by molar-refractivity contribution is 5.12. The maximum absolute atomic E-state index is 11.5. The molecule has 0 aliphatic rings. The lowest BCUT2D eigenvalue weighted by atomic mass is 10.0. The summed E-state index contributed by atoms with van der Waals surface area (Å²) in [6.07, 6.45) is 2.24. The smallest absolute Gasteiger partial charge is 0.253 e. The van der Waals surface area contributed by atoms with Gasteiger partial charge in [0.2, 0.25) is 0 Å². The topological polar surface area (TPSA) is 45.8 Å². The molecule has 0 amide bonds. The van der Waals surface area contributed by atoms with Crippen molar-refractivity contribution in [2.24, 2.45) is 13.0 Å². The van der Waals surface area contributed by atoms with E-state index in [2.05, 4.69) is 6.07 Å². The van der Waals surface area contributed by atoms with E-state index in [0.29, 0.717) is 12.0 Å². The highest BCUT2D eigenvalue weighted by Gasteiger charge is 2.05. The minimum atomic E-state index is -0.102. The predicted octanol–water partition coefficient (Wildman–Crippen LogP) is 1.09. The Bertz CT molecular complexity index is 387. The number of pyridine rings is 1. The van der Waals surface area contributed by atoms with E-state index >= 15 is 0 Å². The molecule has 0 aliphatic carbocycles. The second kappa shape index (κ2) is 3.90. The van der Waals surface area contributed by atoms with Gasteiger partial charge in [0.1, 0.15) is 0 Å². The molecule has 1 rings (SSSR count). The summed E-state index contributed by atoms with van der Waals surface area (Å²) in [5.41, 5.74) is 0.698. The number of nitrogens with zero attached hydrogens (tertiary/aromatic N) is 2. The van der Waals surface area contributed by atoms with Crippen LogP contribution in [0.3, 0.4) is 0 Å². The van der Waals surface area contributed by atoms with Gasteiger partial charge in [0.15, 0.2) is 0 Å². The Labute approximate surface area is 77.2 Å². The summed E-state index contributed by atoms with van der Waals surface area (Å²) in [4.78, 5) is 11.5. The summed E-state index contributed by atoms with van der Waals surface area (Å²) in [6, 6.07) is 5.71. The summed E-state index contributed by atoms with van der Waals surface area (Å²) < 4.78 is 1.53. The molecular weight excluding hydrogens is 164 g/mol. The lowest BCUT2D eigenvalue weighted by molar-refractivity contribution is 0.715. The molecule has 68 valence electrons. The van der Waals surface area contributed by atoms with Gasteiger partial charge in [-0.05, 0) is 19.4 Å². The first-order chi connectivity index (χ1) is 6.15. The zero-order valence-electron chi connectivity index (χ0n) is 7.82. The van der Waals surface area contributed by atoms with E-state index in [4.69, 9.17) is 5.26 Å². The van der Waals surface area contributed by atoms with Crippen molar-refractivity contribution >= 4 is 0 Å². The molecule has 0 aliphatic heterocycles. The number of nitriles is 1. The van der Waals surface area contributed by atoms with Crippen LogP contribution in [0.2, 0.25) is 0 Å². The molecule has 3 heteroatoms. The molecule has 0 saturated carbocycles. The van der Waals surface area contributed by atoms with E-state index in [9.17, 15) is 4.79 Å². The van der Waals surface area contributed by atoms with Gasteiger partial charge in [0.25, 0.3) is 5.56 Å². The monoisotopic (exact) mass is 176 g/mol. The average Bonchev–Trinajstić information content (AvgIpc) is 2.13. The van der Waals surface area contributed by atoms with Crippen molar-refractivity contribution in [1.82, 2.24) is 4.57 Å². The molecule has 0 radical (unpaired) electrons. The van der Waals surface area contributed by atoms with Gasteiger partial charge in [-0.25, -0.2) is 0 Å². The molecule has 1 unspecified atom stereocenters.